The second-order valence-corrected chi connectivity index (χ2v) is 5.95. The Morgan fingerprint density at radius 3 is 2.62 bits per heavy atom. The largest absolute Gasteiger partial charge is 0.406 e. The van der Waals surface area contributed by atoms with Crippen LogP contribution in [0, 0.1) is 5.92 Å². The number of rotatable bonds is 6. The lowest BCUT2D eigenvalue weighted by Crippen LogP contribution is -2.42. The summed E-state index contributed by atoms with van der Waals surface area (Å²) in [5, 5.41) is 5.88. The average Bonchev–Trinajstić information content (AvgIpc) is 2.85. The molecule has 8 heteroatoms. The van der Waals surface area contributed by atoms with Crippen molar-refractivity contribution in [2.75, 3.05) is 25.0 Å². The molecule has 0 aromatic heterocycles. The number of nitrogens with one attached hydrogen (secondary N) is 2. The summed E-state index contributed by atoms with van der Waals surface area (Å²) in [4.78, 5) is 24.4. The van der Waals surface area contributed by atoms with Crippen LogP contribution in [0.4, 0.5) is 18.9 Å². The van der Waals surface area contributed by atoms with Crippen molar-refractivity contribution < 1.29 is 22.8 Å². The minimum Gasteiger partial charge on any atom is -0.383 e. The van der Waals surface area contributed by atoms with Gasteiger partial charge in [-0.25, -0.2) is 0 Å². The molecule has 1 aromatic rings. The lowest BCUT2D eigenvalue weighted by Gasteiger charge is -2.20. The number of carbonyl (C=O) groups is 2. The molecule has 2 N–H and O–H groups in total. The topological polar surface area (TPSA) is 61.4 Å². The van der Waals surface area contributed by atoms with Gasteiger partial charge in [0.25, 0.3) is 0 Å². The maximum atomic E-state index is 12.4. The number of likely N-dealkylation sites (tertiary alicyclic amines) is 1. The highest BCUT2D eigenvalue weighted by Gasteiger charge is 2.40. The van der Waals surface area contributed by atoms with Crippen molar-refractivity contribution in [3.05, 3.63) is 30.3 Å². The van der Waals surface area contributed by atoms with Crippen LogP contribution in [0.3, 0.4) is 0 Å². The van der Waals surface area contributed by atoms with Gasteiger partial charge in [0.1, 0.15) is 6.54 Å². The monoisotopic (exact) mass is 343 g/mol. The number of para-hydroxylation sites is 1. The van der Waals surface area contributed by atoms with Crippen molar-refractivity contribution in [3.8, 4) is 0 Å². The Labute approximate surface area is 138 Å². The lowest BCUT2D eigenvalue weighted by molar-refractivity contribution is -0.157. The Morgan fingerprint density at radius 1 is 1.33 bits per heavy atom. The first-order chi connectivity index (χ1) is 11.2. The van der Waals surface area contributed by atoms with Crippen molar-refractivity contribution in [3.63, 3.8) is 0 Å². The summed E-state index contributed by atoms with van der Waals surface area (Å²) in [5.41, 5.74) is 0.908. The number of anilines is 1. The first kappa shape index (κ1) is 18.1. The standard InChI is InChI=1S/C16H20F3N3O2/c1-11(8-20-13-5-3-2-4-6-13)21-15(24)12-7-14(23)22(9-12)10-16(17,18)19/h2-6,11-12,20H,7-10H2,1H3,(H,21,24). The molecule has 1 fully saturated rings. The van der Waals surface area contributed by atoms with E-state index in [0.717, 1.165) is 5.69 Å². The summed E-state index contributed by atoms with van der Waals surface area (Å²) >= 11 is 0. The second kappa shape index (κ2) is 7.55. The molecular formula is C16H20F3N3O2. The maximum Gasteiger partial charge on any atom is 0.406 e. The van der Waals surface area contributed by atoms with Crippen LogP contribution in [0.5, 0.6) is 0 Å². The fourth-order valence-electron chi connectivity index (χ4n) is 2.56. The number of hydrogen-bond acceptors (Lipinski definition) is 3. The first-order valence-electron chi connectivity index (χ1n) is 7.68. The van der Waals surface area contributed by atoms with E-state index in [2.05, 4.69) is 10.6 Å². The van der Waals surface area contributed by atoms with E-state index in [-0.39, 0.29) is 19.0 Å². The van der Waals surface area contributed by atoms with Crippen molar-refractivity contribution in [1.82, 2.24) is 10.2 Å². The van der Waals surface area contributed by atoms with E-state index in [0.29, 0.717) is 11.4 Å². The molecule has 24 heavy (non-hydrogen) atoms. The molecule has 1 aromatic carbocycles. The molecule has 0 radical (unpaired) electrons. The van der Waals surface area contributed by atoms with Crippen LogP contribution in [0.2, 0.25) is 0 Å². The van der Waals surface area contributed by atoms with Crippen LogP contribution in [0.15, 0.2) is 30.3 Å². The predicted molar refractivity (Wildman–Crippen MR) is 83.3 cm³/mol. The fourth-order valence-corrected chi connectivity index (χ4v) is 2.56. The van der Waals surface area contributed by atoms with Gasteiger partial charge in [-0.2, -0.15) is 13.2 Å². The first-order valence-corrected chi connectivity index (χ1v) is 7.68. The van der Waals surface area contributed by atoms with Crippen LogP contribution >= 0.6 is 0 Å². The summed E-state index contributed by atoms with van der Waals surface area (Å²) in [6.45, 7) is 0.768. The normalized spacial score (nSPS) is 19.2. The highest BCUT2D eigenvalue weighted by Crippen LogP contribution is 2.24. The van der Waals surface area contributed by atoms with Gasteiger partial charge in [0, 0.05) is 31.2 Å². The number of amides is 2. The number of halogens is 3. The summed E-state index contributed by atoms with van der Waals surface area (Å²) in [7, 11) is 0. The molecule has 1 aliphatic rings. The molecule has 2 unspecified atom stereocenters. The van der Waals surface area contributed by atoms with Gasteiger partial charge in [-0.15, -0.1) is 0 Å². The summed E-state index contributed by atoms with van der Waals surface area (Å²) in [6.07, 6.45) is -4.63. The van der Waals surface area contributed by atoms with Gasteiger partial charge in [-0.05, 0) is 19.1 Å². The van der Waals surface area contributed by atoms with Crippen molar-refractivity contribution in [1.29, 1.82) is 0 Å². The van der Waals surface area contributed by atoms with E-state index in [9.17, 15) is 22.8 Å². The van der Waals surface area contributed by atoms with Crippen molar-refractivity contribution >= 4 is 17.5 Å². The molecule has 0 bridgehead atoms. The number of carbonyl (C=O) groups excluding carboxylic acids is 2. The van der Waals surface area contributed by atoms with Gasteiger partial charge in [-0.1, -0.05) is 18.2 Å². The zero-order chi connectivity index (χ0) is 17.7. The summed E-state index contributed by atoms with van der Waals surface area (Å²) in [5.74, 6) is -1.77. The molecule has 132 valence electrons. The van der Waals surface area contributed by atoms with Gasteiger partial charge in [0.2, 0.25) is 11.8 Å². The predicted octanol–water partition coefficient (Wildman–Crippen LogP) is 2.01. The van der Waals surface area contributed by atoms with Crippen LogP contribution in [0.1, 0.15) is 13.3 Å². The summed E-state index contributed by atoms with van der Waals surface area (Å²) in [6, 6.07) is 9.21. The molecule has 2 atom stereocenters. The molecule has 0 aliphatic carbocycles. The third kappa shape index (κ3) is 5.43. The Bertz CT molecular complexity index is 578. The van der Waals surface area contributed by atoms with E-state index >= 15 is 0 Å². The fraction of sp³-hybridized carbons (Fsp3) is 0.500. The third-order valence-electron chi connectivity index (χ3n) is 3.73. The van der Waals surface area contributed by atoms with E-state index in [4.69, 9.17) is 0 Å². The smallest absolute Gasteiger partial charge is 0.383 e. The van der Waals surface area contributed by atoms with Gasteiger partial charge >= 0.3 is 6.18 Å². The molecule has 2 rings (SSSR count). The minimum atomic E-state index is -4.45. The summed E-state index contributed by atoms with van der Waals surface area (Å²) < 4.78 is 37.1. The lowest BCUT2D eigenvalue weighted by atomic mass is 10.1. The van der Waals surface area contributed by atoms with E-state index in [1.165, 1.54) is 0 Å². The highest BCUT2D eigenvalue weighted by atomic mass is 19.4. The molecule has 5 nitrogen and oxygen atoms in total. The Morgan fingerprint density at radius 2 is 2.00 bits per heavy atom. The van der Waals surface area contributed by atoms with Crippen LogP contribution in [0.25, 0.3) is 0 Å². The van der Waals surface area contributed by atoms with E-state index < -0.39 is 30.5 Å². The second-order valence-electron chi connectivity index (χ2n) is 5.95. The Balaban J connectivity index is 1.79. The van der Waals surface area contributed by atoms with Crippen LogP contribution in [-0.4, -0.2) is 48.6 Å². The average molecular weight is 343 g/mol. The zero-order valence-electron chi connectivity index (χ0n) is 13.3. The molecule has 2 amide bonds. The SMILES string of the molecule is CC(CNc1ccccc1)NC(=O)C1CC(=O)N(CC(F)(F)F)C1. The van der Waals surface area contributed by atoms with Gasteiger partial charge in [-0.3, -0.25) is 9.59 Å². The minimum absolute atomic E-state index is 0.180. The maximum absolute atomic E-state index is 12.4. The highest BCUT2D eigenvalue weighted by molar-refractivity contribution is 5.89. The molecule has 0 saturated carbocycles. The molecule has 1 aliphatic heterocycles. The Hall–Kier alpha value is -2.25. The number of alkyl halides is 3. The molecule has 1 saturated heterocycles. The van der Waals surface area contributed by atoms with Crippen molar-refractivity contribution in [2.24, 2.45) is 5.92 Å². The van der Waals surface area contributed by atoms with E-state index in [1.807, 2.05) is 30.3 Å². The number of benzene rings is 1. The quantitative estimate of drug-likeness (QED) is 0.831. The van der Waals surface area contributed by atoms with Gasteiger partial charge < -0.3 is 15.5 Å². The number of nitrogens with zero attached hydrogens (tertiary/aromatic N) is 1. The number of hydrogen-bond donors (Lipinski definition) is 2. The molecule has 0 spiro atoms. The van der Waals surface area contributed by atoms with Gasteiger partial charge in [0.15, 0.2) is 0 Å². The third-order valence-corrected chi connectivity index (χ3v) is 3.73. The Kier molecular flexibility index (Phi) is 5.69. The van der Waals surface area contributed by atoms with E-state index in [1.54, 1.807) is 6.92 Å². The van der Waals surface area contributed by atoms with Crippen LogP contribution < -0.4 is 10.6 Å². The molecular weight excluding hydrogens is 323 g/mol. The van der Waals surface area contributed by atoms with Crippen LogP contribution in [-0.2, 0) is 9.59 Å². The zero-order valence-corrected chi connectivity index (χ0v) is 13.3. The van der Waals surface area contributed by atoms with Crippen molar-refractivity contribution in [2.45, 2.75) is 25.6 Å². The van der Waals surface area contributed by atoms with Gasteiger partial charge in [0.05, 0.1) is 5.92 Å². The molecule has 1 heterocycles.